The number of nitrogens with one attached hydrogen (secondary N) is 1. The lowest BCUT2D eigenvalue weighted by Gasteiger charge is -2.20. The van der Waals surface area contributed by atoms with Crippen LogP contribution in [-0.2, 0) is 22.7 Å². The monoisotopic (exact) mass is 370 g/mol. The number of nitrogens with zero attached hydrogens (tertiary/aromatic N) is 3. The van der Waals surface area contributed by atoms with Crippen LogP contribution in [-0.4, -0.2) is 50.8 Å². The predicted octanol–water partition coefficient (Wildman–Crippen LogP) is 1.71. The number of amides is 1. The Balaban J connectivity index is 1.59. The fraction of sp³-hybridized carbons (Fsp3) is 0.450. The molecule has 7 heteroatoms. The summed E-state index contributed by atoms with van der Waals surface area (Å²) in [5, 5.41) is 16.7. The highest BCUT2D eigenvalue weighted by atomic mass is 16.4. The number of rotatable bonds is 7. The van der Waals surface area contributed by atoms with Crippen molar-refractivity contribution in [1.29, 1.82) is 0 Å². The largest absolute Gasteiger partial charge is 0.480 e. The fourth-order valence-electron chi connectivity index (χ4n) is 3.62. The van der Waals surface area contributed by atoms with Gasteiger partial charge in [-0.2, -0.15) is 5.10 Å². The molecule has 1 aliphatic heterocycles. The zero-order valence-electron chi connectivity index (χ0n) is 15.8. The van der Waals surface area contributed by atoms with Gasteiger partial charge in [0.15, 0.2) is 0 Å². The van der Waals surface area contributed by atoms with Crippen molar-refractivity contribution in [3.63, 3.8) is 0 Å². The Hall–Kier alpha value is -2.67. The van der Waals surface area contributed by atoms with E-state index in [1.807, 2.05) is 36.7 Å². The van der Waals surface area contributed by atoms with Gasteiger partial charge in [0.25, 0.3) is 0 Å². The lowest BCUT2D eigenvalue weighted by Crippen LogP contribution is -2.42. The van der Waals surface area contributed by atoms with Crippen LogP contribution < -0.4 is 5.32 Å². The minimum Gasteiger partial charge on any atom is -0.480 e. The number of benzene rings is 1. The summed E-state index contributed by atoms with van der Waals surface area (Å²) in [4.78, 5) is 25.3. The highest BCUT2D eigenvalue weighted by Gasteiger charge is 2.31. The minimum absolute atomic E-state index is 0.118. The van der Waals surface area contributed by atoms with E-state index < -0.39 is 12.0 Å². The van der Waals surface area contributed by atoms with E-state index in [9.17, 15) is 14.7 Å². The third-order valence-corrected chi connectivity index (χ3v) is 5.16. The van der Waals surface area contributed by atoms with Crippen LogP contribution in [0.1, 0.15) is 35.4 Å². The van der Waals surface area contributed by atoms with E-state index in [-0.39, 0.29) is 12.5 Å². The second-order valence-electron chi connectivity index (χ2n) is 7.04. The Morgan fingerprint density at radius 3 is 2.70 bits per heavy atom. The lowest BCUT2D eigenvalue weighted by atomic mass is 10.2. The number of carboxylic acid groups (broad SMARTS) is 1. The van der Waals surface area contributed by atoms with Gasteiger partial charge in [-0.05, 0) is 38.8 Å². The maximum Gasteiger partial charge on any atom is 0.320 e. The van der Waals surface area contributed by atoms with Gasteiger partial charge in [0, 0.05) is 17.8 Å². The summed E-state index contributed by atoms with van der Waals surface area (Å²) in [5.74, 6) is -1.01. The van der Waals surface area contributed by atoms with Crippen LogP contribution in [0.3, 0.4) is 0 Å². The number of carbonyl (C=O) groups is 2. The molecule has 1 aromatic heterocycles. The second kappa shape index (κ2) is 8.35. The zero-order chi connectivity index (χ0) is 19.4. The first kappa shape index (κ1) is 19.1. The molecule has 0 bridgehead atoms. The standard InChI is InChI=1S/C20H26N4O3/c1-14-17(15(2)24(22-14)12-16-7-4-3-5-8-16)11-21-19(25)13-23-10-6-9-18(23)20(26)27/h3-5,7-8,18H,6,9-13H2,1-2H3,(H,21,25)(H,26,27)/t18-/m0/s1. The van der Waals surface area contributed by atoms with Gasteiger partial charge in [0.1, 0.15) is 6.04 Å². The van der Waals surface area contributed by atoms with Crippen molar-refractivity contribution in [2.24, 2.45) is 0 Å². The molecule has 1 aliphatic rings. The molecule has 0 radical (unpaired) electrons. The average molecular weight is 370 g/mol. The van der Waals surface area contributed by atoms with Crippen LogP contribution >= 0.6 is 0 Å². The van der Waals surface area contributed by atoms with E-state index in [0.717, 1.165) is 23.4 Å². The summed E-state index contributed by atoms with van der Waals surface area (Å²) >= 11 is 0. The molecule has 0 unspecified atom stereocenters. The highest BCUT2D eigenvalue weighted by Crippen LogP contribution is 2.17. The van der Waals surface area contributed by atoms with Crippen molar-refractivity contribution in [3.8, 4) is 0 Å². The first-order valence-electron chi connectivity index (χ1n) is 9.26. The molecule has 2 N–H and O–H groups in total. The number of carbonyl (C=O) groups excluding carboxylic acids is 1. The first-order valence-corrected chi connectivity index (χ1v) is 9.26. The molecule has 0 saturated carbocycles. The Morgan fingerprint density at radius 2 is 2.00 bits per heavy atom. The number of aliphatic carboxylic acids is 1. The topological polar surface area (TPSA) is 87.5 Å². The number of hydrogen-bond donors (Lipinski definition) is 2. The van der Waals surface area contributed by atoms with Gasteiger partial charge in [-0.1, -0.05) is 30.3 Å². The molecule has 1 fully saturated rings. The van der Waals surface area contributed by atoms with E-state index in [1.165, 1.54) is 5.56 Å². The van der Waals surface area contributed by atoms with Crippen LogP contribution in [0.25, 0.3) is 0 Å². The molecule has 1 amide bonds. The summed E-state index contributed by atoms with van der Waals surface area (Å²) in [6.07, 6.45) is 1.42. The lowest BCUT2D eigenvalue weighted by molar-refractivity contribution is -0.142. The Labute approximate surface area is 159 Å². The summed E-state index contributed by atoms with van der Waals surface area (Å²) < 4.78 is 1.95. The van der Waals surface area contributed by atoms with E-state index in [1.54, 1.807) is 4.90 Å². The molecule has 1 aromatic carbocycles. The molecule has 1 atom stereocenters. The highest BCUT2D eigenvalue weighted by molar-refractivity contribution is 5.80. The SMILES string of the molecule is Cc1nn(Cc2ccccc2)c(C)c1CNC(=O)CN1CCC[C@H]1C(=O)O. The molecule has 7 nitrogen and oxygen atoms in total. The van der Waals surface area contributed by atoms with Crippen LogP contribution in [0.2, 0.25) is 0 Å². The molecule has 27 heavy (non-hydrogen) atoms. The molecule has 1 saturated heterocycles. The maximum atomic E-state index is 12.3. The molecule has 0 aliphatic carbocycles. The van der Waals surface area contributed by atoms with Gasteiger partial charge in [-0.15, -0.1) is 0 Å². The Bertz CT molecular complexity index is 816. The maximum absolute atomic E-state index is 12.3. The molecule has 144 valence electrons. The molecular weight excluding hydrogens is 344 g/mol. The third kappa shape index (κ3) is 4.54. The smallest absolute Gasteiger partial charge is 0.320 e. The number of carboxylic acids is 1. The quantitative estimate of drug-likeness (QED) is 0.775. The molecular formula is C20H26N4O3. The fourth-order valence-corrected chi connectivity index (χ4v) is 3.62. The Morgan fingerprint density at radius 1 is 1.26 bits per heavy atom. The van der Waals surface area contributed by atoms with E-state index in [2.05, 4.69) is 22.5 Å². The van der Waals surface area contributed by atoms with Crippen LogP contribution in [0.5, 0.6) is 0 Å². The van der Waals surface area contributed by atoms with Crippen molar-refractivity contribution in [2.75, 3.05) is 13.1 Å². The normalized spacial score (nSPS) is 17.2. The molecule has 3 rings (SSSR count). The summed E-state index contributed by atoms with van der Waals surface area (Å²) in [6, 6.07) is 9.57. The number of likely N-dealkylation sites (tertiary alicyclic amines) is 1. The van der Waals surface area contributed by atoms with Gasteiger partial charge in [0.2, 0.25) is 5.91 Å². The van der Waals surface area contributed by atoms with Gasteiger partial charge in [-0.3, -0.25) is 19.2 Å². The zero-order valence-corrected chi connectivity index (χ0v) is 15.8. The van der Waals surface area contributed by atoms with E-state index >= 15 is 0 Å². The molecule has 0 spiro atoms. The average Bonchev–Trinajstić information content (AvgIpc) is 3.19. The molecule has 2 aromatic rings. The van der Waals surface area contributed by atoms with Crippen molar-refractivity contribution in [2.45, 2.75) is 45.8 Å². The van der Waals surface area contributed by atoms with Crippen molar-refractivity contribution < 1.29 is 14.7 Å². The summed E-state index contributed by atoms with van der Waals surface area (Å²) in [6.45, 7) is 5.80. The van der Waals surface area contributed by atoms with Gasteiger partial charge >= 0.3 is 5.97 Å². The number of aromatic nitrogens is 2. The Kier molecular flexibility index (Phi) is 5.91. The van der Waals surface area contributed by atoms with Gasteiger partial charge in [-0.25, -0.2) is 0 Å². The summed E-state index contributed by atoms with van der Waals surface area (Å²) in [5.41, 5.74) is 4.11. The van der Waals surface area contributed by atoms with Gasteiger partial charge < -0.3 is 10.4 Å². The van der Waals surface area contributed by atoms with E-state index in [4.69, 9.17) is 0 Å². The predicted molar refractivity (Wildman–Crippen MR) is 101 cm³/mol. The van der Waals surface area contributed by atoms with Crippen molar-refractivity contribution >= 4 is 11.9 Å². The van der Waals surface area contributed by atoms with Crippen LogP contribution in [0.15, 0.2) is 30.3 Å². The second-order valence-corrected chi connectivity index (χ2v) is 7.04. The van der Waals surface area contributed by atoms with Crippen molar-refractivity contribution in [3.05, 3.63) is 52.8 Å². The molecule has 2 heterocycles. The number of hydrogen-bond acceptors (Lipinski definition) is 4. The van der Waals surface area contributed by atoms with Crippen LogP contribution in [0, 0.1) is 13.8 Å². The minimum atomic E-state index is -0.853. The number of aryl methyl sites for hydroxylation is 1. The van der Waals surface area contributed by atoms with Gasteiger partial charge in [0.05, 0.1) is 18.8 Å². The van der Waals surface area contributed by atoms with Crippen molar-refractivity contribution in [1.82, 2.24) is 20.0 Å². The van der Waals surface area contributed by atoms with Crippen LogP contribution in [0.4, 0.5) is 0 Å². The summed E-state index contributed by atoms with van der Waals surface area (Å²) in [7, 11) is 0. The first-order chi connectivity index (χ1) is 13.0. The van der Waals surface area contributed by atoms with E-state index in [0.29, 0.717) is 26.1 Å². The third-order valence-electron chi connectivity index (χ3n) is 5.16.